The molecule has 0 aliphatic heterocycles. The van der Waals surface area contributed by atoms with Crippen molar-refractivity contribution in [2.24, 2.45) is 0 Å². The molecule has 8 nitrogen and oxygen atoms in total. The Morgan fingerprint density at radius 3 is 2.78 bits per heavy atom. The summed E-state index contributed by atoms with van der Waals surface area (Å²) in [5, 5.41) is 12.2. The lowest BCUT2D eigenvalue weighted by atomic mass is 10.2. The molecule has 0 aliphatic carbocycles. The van der Waals surface area contributed by atoms with Gasteiger partial charge in [0, 0.05) is 23.0 Å². The molecule has 27 heavy (non-hydrogen) atoms. The number of Topliss-reactive ketones (excluding diaryl/α,β-unsaturated/α-hetero) is 1. The van der Waals surface area contributed by atoms with E-state index in [1.807, 2.05) is 37.5 Å². The summed E-state index contributed by atoms with van der Waals surface area (Å²) in [5.74, 6) is 2.31. The van der Waals surface area contributed by atoms with Crippen molar-refractivity contribution in [2.75, 3.05) is 5.75 Å². The molecule has 4 aromatic rings. The number of hydrogen-bond acceptors (Lipinski definition) is 8. The van der Waals surface area contributed by atoms with Crippen molar-refractivity contribution in [1.82, 2.24) is 19.9 Å². The maximum absolute atomic E-state index is 12.7. The van der Waals surface area contributed by atoms with Gasteiger partial charge in [0.1, 0.15) is 5.76 Å². The Bertz CT molecular complexity index is 1090. The first-order chi connectivity index (χ1) is 13.0. The van der Waals surface area contributed by atoms with Gasteiger partial charge in [0.25, 0.3) is 11.1 Å². The summed E-state index contributed by atoms with van der Waals surface area (Å²) in [6.45, 7) is 5.64. The molecule has 4 rings (SSSR count). The highest BCUT2D eigenvalue weighted by molar-refractivity contribution is 7.99. The van der Waals surface area contributed by atoms with E-state index < -0.39 is 0 Å². The number of ketones is 1. The number of carbonyl (C=O) groups excluding carboxylic acids is 1. The van der Waals surface area contributed by atoms with Crippen LogP contribution in [0.5, 0.6) is 0 Å². The second kappa shape index (κ2) is 6.92. The number of aryl methyl sites for hydroxylation is 2. The molecular formula is C18H16N4O4S. The molecule has 0 radical (unpaired) electrons. The molecule has 0 atom stereocenters. The zero-order chi connectivity index (χ0) is 19.0. The lowest BCUT2D eigenvalue weighted by Crippen LogP contribution is -2.05. The molecule has 0 saturated heterocycles. The molecule has 0 bridgehead atoms. The summed E-state index contributed by atoms with van der Waals surface area (Å²) < 4.78 is 17.8. The van der Waals surface area contributed by atoms with Crippen LogP contribution in [-0.2, 0) is 0 Å². The fraction of sp³-hybridized carbons (Fsp3) is 0.222. The number of thioether (sulfide) groups is 1. The predicted octanol–water partition coefficient (Wildman–Crippen LogP) is 4.01. The number of aromatic nitrogens is 4. The van der Waals surface area contributed by atoms with Gasteiger partial charge in [0.15, 0.2) is 17.4 Å². The quantitative estimate of drug-likeness (QED) is 0.363. The molecule has 0 spiro atoms. The van der Waals surface area contributed by atoms with E-state index in [0.29, 0.717) is 28.1 Å². The lowest BCUT2D eigenvalue weighted by molar-refractivity contribution is 0.102. The Kier molecular flexibility index (Phi) is 4.44. The van der Waals surface area contributed by atoms with Gasteiger partial charge < -0.3 is 13.4 Å². The van der Waals surface area contributed by atoms with Crippen LogP contribution >= 0.6 is 11.8 Å². The van der Waals surface area contributed by atoms with Crippen molar-refractivity contribution in [2.45, 2.75) is 26.0 Å². The van der Waals surface area contributed by atoms with Gasteiger partial charge in [-0.1, -0.05) is 16.9 Å². The Hall–Kier alpha value is -3.07. The van der Waals surface area contributed by atoms with Gasteiger partial charge in [-0.15, -0.1) is 10.2 Å². The van der Waals surface area contributed by atoms with Crippen LogP contribution in [0.25, 0.3) is 17.5 Å². The summed E-state index contributed by atoms with van der Waals surface area (Å²) in [4.78, 5) is 12.7. The Balaban J connectivity index is 1.49. The first-order valence-corrected chi connectivity index (χ1v) is 9.17. The van der Waals surface area contributed by atoms with Gasteiger partial charge in [-0.2, -0.15) is 0 Å². The minimum absolute atomic E-state index is 0.0303. The Labute approximate surface area is 158 Å². The third kappa shape index (κ3) is 3.33. The smallest absolute Gasteiger partial charge is 0.284 e. The summed E-state index contributed by atoms with van der Waals surface area (Å²) in [6.07, 6.45) is 1.53. The third-order valence-corrected chi connectivity index (χ3v) is 4.86. The SMILES string of the molecule is Cc1cc(-n2c(C)cc(C(=O)CSc3nnc(-c4ccco4)o3)c2C)no1. The highest BCUT2D eigenvalue weighted by Gasteiger charge is 2.20. The van der Waals surface area contributed by atoms with E-state index >= 15 is 0 Å². The van der Waals surface area contributed by atoms with Crippen LogP contribution in [0.15, 0.2) is 49.1 Å². The van der Waals surface area contributed by atoms with E-state index in [2.05, 4.69) is 15.4 Å². The summed E-state index contributed by atoms with van der Waals surface area (Å²) in [7, 11) is 0. The standard InChI is InChI=1S/C18H16N4O4S/c1-10-7-13(12(3)22(10)16-8-11(2)26-21-16)14(23)9-27-18-20-19-17(25-18)15-5-4-6-24-15/h4-8H,9H2,1-3H3. The fourth-order valence-electron chi connectivity index (χ4n) is 2.83. The molecule has 0 N–H and O–H groups in total. The molecule has 138 valence electrons. The molecule has 0 unspecified atom stereocenters. The first-order valence-electron chi connectivity index (χ1n) is 8.19. The second-order valence-electron chi connectivity index (χ2n) is 5.98. The van der Waals surface area contributed by atoms with Gasteiger partial charge in [-0.25, -0.2) is 0 Å². The Morgan fingerprint density at radius 2 is 2.07 bits per heavy atom. The van der Waals surface area contributed by atoms with Crippen LogP contribution < -0.4 is 0 Å². The molecular weight excluding hydrogens is 368 g/mol. The number of hydrogen-bond donors (Lipinski definition) is 0. The van der Waals surface area contributed by atoms with Crippen LogP contribution in [-0.4, -0.2) is 31.5 Å². The minimum Gasteiger partial charge on any atom is -0.459 e. The van der Waals surface area contributed by atoms with Crippen molar-refractivity contribution in [1.29, 1.82) is 0 Å². The van der Waals surface area contributed by atoms with Gasteiger partial charge in [0.2, 0.25) is 0 Å². The molecule has 4 aromatic heterocycles. The second-order valence-corrected chi connectivity index (χ2v) is 6.90. The van der Waals surface area contributed by atoms with Crippen molar-refractivity contribution < 1.29 is 18.2 Å². The van der Waals surface area contributed by atoms with Gasteiger partial charge in [-0.05, 0) is 39.0 Å². The lowest BCUT2D eigenvalue weighted by Gasteiger charge is -2.04. The Morgan fingerprint density at radius 1 is 1.22 bits per heavy atom. The van der Waals surface area contributed by atoms with E-state index in [-0.39, 0.29) is 17.4 Å². The van der Waals surface area contributed by atoms with Crippen molar-refractivity contribution >= 4 is 17.5 Å². The van der Waals surface area contributed by atoms with E-state index in [0.717, 1.165) is 11.4 Å². The maximum atomic E-state index is 12.7. The van der Waals surface area contributed by atoms with Crippen LogP contribution in [0.4, 0.5) is 0 Å². The largest absolute Gasteiger partial charge is 0.459 e. The summed E-state index contributed by atoms with van der Waals surface area (Å²) >= 11 is 1.19. The molecule has 0 saturated carbocycles. The molecule has 0 fully saturated rings. The number of rotatable bonds is 6. The number of carbonyl (C=O) groups is 1. The van der Waals surface area contributed by atoms with Crippen molar-refractivity contribution in [3.05, 3.63) is 53.2 Å². The van der Waals surface area contributed by atoms with Gasteiger partial charge in [0.05, 0.1) is 12.0 Å². The molecule has 4 heterocycles. The van der Waals surface area contributed by atoms with Crippen molar-refractivity contribution in [3.63, 3.8) is 0 Å². The van der Waals surface area contributed by atoms with E-state index in [1.54, 1.807) is 12.1 Å². The van der Waals surface area contributed by atoms with Crippen LogP contribution in [0.3, 0.4) is 0 Å². The van der Waals surface area contributed by atoms with Crippen LogP contribution in [0.2, 0.25) is 0 Å². The first kappa shape index (κ1) is 17.3. The fourth-order valence-corrected chi connectivity index (χ4v) is 3.48. The zero-order valence-corrected chi connectivity index (χ0v) is 15.7. The molecule has 9 heteroatoms. The molecule has 0 amide bonds. The highest BCUT2D eigenvalue weighted by Crippen LogP contribution is 2.26. The van der Waals surface area contributed by atoms with Crippen molar-refractivity contribution in [3.8, 4) is 17.5 Å². The topological polar surface area (TPSA) is 100 Å². The van der Waals surface area contributed by atoms with Gasteiger partial charge >= 0.3 is 0 Å². The monoisotopic (exact) mass is 384 g/mol. The average molecular weight is 384 g/mol. The number of furan rings is 1. The maximum Gasteiger partial charge on any atom is 0.284 e. The summed E-state index contributed by atoms with van der Waals surface area (Å²) in [6, 6.07) is 7.15. The van der Waals surface area contributed by atoms with Gasteiger partial charge in [-0.3, -0.25) is 9.36 Å². The minimum atomic E-state index is -0.0303. The van der Waals surface area contributed by atoms with Crippen LogP contribution in [0.1, 0.15) is 27.5 Å². The molecule has 0 aliphatic rings. The van der Waals surface area contributed by atoms with E-state index in [4.69, 9.17) is 13.4 Å². The van der Waals surface area contributed by atoms with E-state index in [9.17, 15) is 4.79 Å². The predicted molar refractivity (Wildman–Crippen MR) is 97.1 cm³/mol. The zero-order valence-electron chi connectivity index (χ0n) is 14.9. The third-order valence-electron chi connectivity index (χ3n) is 4.04. The average Bonchev–Trinajstić information content (AvgIpc) is 3.40. The van der Waals surface area contributed by atoms with E-state index in [1.165, 1.54) is 18.0 Å². The highest BCUT2D eigenvalue weighted by atomic mass is 32.2. The normalized spacial score (nSPS) is 11.2. The molecule has 0 aromatic carbocycles. The number of nitrogens with zero attached hydrogens (tertiary/aromatic N) is 4. The van der Waals surface area contributed by atoms with Crippen LogP contribution in [0, 0.1) is 20.8 Å². The summed E-state index contributed by atoms with van der Waals surface area (Å²) in [5.41, 5.74) is 2.35.